The number of phenolic OH excluding ortho intramolecular Hbond substituents is 1. The maximum absolute atomic E-state index is 15.0. The number of aromatic amines is 2. The van der Waals surface area contributed by atoms with E-state index in [2.05, 4.69) is 52.2 Å². The zero-order chi connectivity index (χ0) is 70.2. The van der Waals surface area contributed by atoms with E-state index in [-0.39, 0.29) is 68.0 Å². The number of fused-ring (bicyclic) bond motifs is 5. The number of imidazole rings is 1. The largest absolute Gasteiger partial charge is 0.508 e. The number of nitrogens with two attached hydrogens (primary N) is 1. The monoisotopic (exact) mass is 1390 g/mol. The molecule has 30 heteroatoms. The third kappa shape index (κ3) is 19.9. The summed E-state index contributed by atoms with van der Waals surface area (Å²) in [7, 11) is 0. The average molecular weight is 1390 g/mol. The van der Waals surface area contributed by atoms with Crippen LogP contribution in [-0.2, 0) is 89.9 Å². The summed E-state index contributed by atoms with van der Waals surface area (Å²) in [4.78, 5) is 167. The van der Waals surface area contributed by atoms with Crippen LogP contribution in [0.4, 0.5) is 8.78 Å². The van der Waals surface area contributed by atoms with Crippen LogP contribution in [0.3, 0.4) is 0 Å². The van der Waals surface area contributed by atoms with E-state index in [1.165, 1.54) is 115 Å². The highest BCUT2D eigenvalue weighted by atomic mass is 32.2. The molecule has 14 N–H and O–H groups in total. The minimum Gasteiger partial charge on any atom is -0.508 e. The molecule has 1 fully saturated rings. The second-order valence-electron chi connectivity index (χ2n) is 24.4. The standard InChI is InChI=1S/C68H76F2N12O14S2/c1-36(83)61-67(95)74-31-59(87)76-51(23-42-29-73-50-16-13-45(70)26-49(42)50)63(91)77-52(22-41-10-9-40-11-12-44(69)25-48(40)41)64(92)79-54(28-60(88)89)66(94)78-53(27-46-30-72-35-75-46)65(93)80-55(21-37-7-14-47(84)15-8-37)68(96)82-18-3-6-56(82)57(85)24-43(62(71)90)34-98-33-39-5-2-4-38(20-39)32-97-19-17-58(86)81-61/h2,4-5,7-8,10-16,20,25-26,29-30,35-36,43,51-56,61,73,83-84H,3,6,9,17-19,21-24,27-28,31-34H2,1H3,(H2,71,90)(H,72,75)(H,74,95)(H,76,87)(H,77,91)(H,78,94)(H,79,92)(H,80,93)(H,81,86)(H,88,89)/t36-,43+,51+,52+,53+,54+,55+,56+,61+/m1/s1. The maximum Gasteiger partial charge on any atom is 0.305 e. The Labute approximate surface area is 569 Å². The number of aromatic hydroxyl groups is 1. The number of carbonyl (C=O) groups is 11. The number of aliphatic carboxylic acids is 1. The SMILES string of the molecule is C[C@@H](O)[C@@H]1NC(=O)CCSCc2cccc(c2)CSC[C@@H](C(N)=O)CC(=O)[C@@H]2CCCN2C(=O)[C@H](Cc2ccc(O)cc2)NC(=O)[C@H](Cc2cnc[nH]2)NC(=O)[C@H](CC(=O)O)NC(=O)[C@H](CC2=CCc3ccc(F)cc32)NC(=O)[C@H](Cc2c[nH]c3ccc(F)cc23)NC(=O)CNC1=O. The van der Waals surface area contributed by atoms with E-state index in [1.54, 1.807) is 6.08 Å². The van der Waals surface area contributed by atoms with Crippen molar-refractivity contribution in [2.75, 3.05) is 24.6 Å². The second-order valence-corrected chi connectivity index (χ2v) is 26.5. The first-order chi connectivity index (χ1) is 46.9. The molecule has 26 nitrogen and oxygen atoms in total. The number of carboxylic acids is 1. The molecule has 518 valence electrons. The van der Waals surface area contributed by atoms with Crippen molar-refractivity contribution in [3.8, 4) is 5.75 Å². The first kappa shape index (κ1) is 72.3. The van der Waals surface area contributed by atoms with Crippen molar-refractivity contribution in [3.05, 3.63) is 160 Å². The number of amides is 9. The van der Waals surface area contributed by atoms with Crippen molar-refractivity contribution < 1.29 is 76.8 Å². The highest BCUT2D eigenvalue weighted by Crippen LogP contribution is 2.32. The quantitative estimate of drug-likeness (QED) is 0.0837. The van der Waals surface area contributed by atoms with Crippen molar-refractivity contribution in [2.24, 2.45) is 11.7 Å². The minimum atomic E-state index is -2.03. The van der Waals surface area contributed by atoms with Crippen molar-refractivity contribution in [1.82, 2.24) is 57.1 Å². The van der Waals surface area contributed by atoms with Crippen molar-refractivity contribution in [2.45, 2.75) is 131 Å². The number of rotatable bonds is 12. The Morgan fingerprint density at radius 3 is 2.08 bits per heavy atom. The van der Waals surface area contributed by atoms with Crippen LogP contribution in [0, 0.1) is 17.6 Å². The number of primary amides is 1. The lowest BCUT2D eigenvalue weighted by Gasteiger charge is -2.30. The lowest BCUT2D eigenvalue weighted by atomic mass is 9.97. The van der Waals surface area contributed by atoms with Crippen LogP contribution in [0.2, 0.25) is 0 Å². The number of thioether (sulfide) groups is 2. The summed E-state index contributed by atoms with van der Waals surface area (Å²) < 4.78 is 29.7. The summed E-state index contributed by atoms with van der Waals surface area (Å²) >= 11 is 2.79. The van der Waals surface area contributed by atoms with Gasteiger partial charge < -0.3 is 73.1 Å². The number of carbonyl (C=O) groups excluding carboxylic acids is 10. The van der Waals surface area contributed by atoms with Crippen LogP contribution < -0.4 is 43.0 Å². The number of Topliss-reactive ketones (excluding diaryl/α,β-unsaturated/α-hetero) is 1. The Hall–Kier alpha value is -9.94. The Balaban J connectivity index is 1.04. The van der Waals surface area contributed by atoms with Gasteiger partial charge in [0.2, 0.25) is 53.2 Å². The molecule has 98 heavy (non-hydrogen) atoms. The van der Waals surface area contributed by atoms with E-state index >= 15 is 9.59 Å². The number of nitrogens with one attached hydrogen (secondary N) is 9. The molecule has 4 aromatic carbocycles. The number of H-pyrrole nitrogens is 2. The summed E-state index contributed by atoms with van der Waals surface area (Å²) in [5, 5.41) is 49.2. The normalized spacial score (nSPS) is 23.1. The average Bonchev–Trinajstić information content (AvgIpc) is 1.71. The molecule has 0 radical (unpaired) electrons. The van der Waals surface area contributed by atoms with Crippen LogP contribution >= 0.6 is 23.5 Å². The molecule has 2 aromatic heterocycles. The van der Waals surface area contributed by atoms with E-state index in [0.29, 0.717) is 56.7 Å². The van der Waals surface area contributed by atoms with Gasteiger partial charge in [-0.1, -0.05) is 48.5 Å². The number of phenols is 1. The molecule has 2 bridgehead atoms. The van der Waals surface area contributed by atoms with Crippen molar-refractivity contribution >= 4 is 105 Å². The number of hydrogen-bond donors (Lipinski definition) is 13. The van der Waals surface area contributed by atoms with Gasteiger partial charge in [-0.2, -0.15) is 23.5 Å². The van der Waals surface area contributed by atoms with Gasteiger partial charge in [-0.3, -0.25) is 52.7 Å². The summed E-state index contributed by atoms with van der Waals surface area (Å²) in [6.45, 7) is 0.497. The smallest absolute Gasteiger partial charge is 0.305 e. The van der Waals surface area contributed by atoms with E-state index in [0.717, 1.165) is 11.1 Å². The predicted molar refractivity (Wildman–Crippen MR) is 358 cm³/mol. The Morgan fingerprint density at radius 1 is 0.724 bits per heavy atom. The van der Waals surface area contributed by atoms with Crippen molar-refractivity contribution in [3.63, 3.8) is 0 Å². The second kappa shape index (κ2) is 33.8. The molecule has 1 saturated heterocycles. The molecule has 2 aliphatic heterocycles. The molecule has 0 unspecified atom stereocenters. The van der Waals surface area contributed by atoms with Gasteiger partial charge in [-0.05, 0) is 108 Å². The fourth-order valence-electron chi connectivity index (χ4n) is 11.9. The highest BCUT2D eigenvalue weighted by molar-refractivity contribution is 7.98. The highest BCUT2D eigenvalue weighted by Gasteiger charge is 2.41. The van der Waals surface area contributed by atoms with Gasteiger partial charge >= 0.3 is 5.97 Å². The number of carboxylic acid groups (broad SMARTS) is 1. The van der Waals surface area contributed by atoms with Crippen LogP contribution in [0.15, 0.2) is 110 Å². The summed E-state index contributed by atoms with van der Waals surface area (Å²) in [5.41, 5.74) is 10.5. The number of aromatic nitrogens is 3. The zero-order valence-corrected chi connectivity index (χ0v) is 54.9. The van der Waals surface area contributed by atoms with Crippen molar-refractivity contribution in [1.29, 1.82) is 0 Å². The zero-order valence-electron chi connectivity index (χ0n) is 53.3. The molecule has 0 saturated carbocycles. The van der Waals surface area contributed by atoms with Crippen LogP contribution in [0.5, 0.6) is 5.75 Å². The number of allylic oxidation sites excluding steroid dienone is 1. The number of aliphatic hydroxyl groups excluding tert-OH is 1. The van der Waals surface area contributed by atoms with Gasteiger partial charge in [0.1, 0.15) is 53.6 Å². The van der Waals surface area contributed by atoms with Crippen LogP contribution in [0.25, 0.3) is 16.5 Å². The summed E-state index contributed by atoms with van der Waals surface area (Å²) in [5.74, 6) is -11.5. The van der Waals surface area contributed by atoms with Crippen LogP contribution in [0.1, 0.15) is 84.5 Å². The van der Waals surface area contributed by atoms with E-state index in [4.69, 9.17) is 5.73 Å². The Bertz CT molecular complexity index is 3980. The molecule has 9 atom stereocenters. The molecule has 4 heterocycles. The maximum atomic E-state index is 15.0. The number of nitrogens with zero attached hydrogens (tertiary/aromatic N) is 2. The lowest BCUT2D eigenvalue weighted by Crippen LogP contribution is -2.60. The topological polar surface area (TPSA) is 406 Å². The fraction of sp³-hybridized carbons (Fsp3) is 0.382. The molecular weight excluding hydrogens is 1310 g/mol. The molecule has 3 aliphatic rings. The molecule has 9 amide bonds. The number of aliphatic hydroxyl groups is 1. The molecule has 1 aliphatic carbocycles. The molecular formula is C68H76F2N12O14S2. The predicted octanol–water partition coefficient (Wildman–Crippen LogP) is 2.44. The van der Waals surface area contributed by atoms with Gasteiger partial charge in [0.25, 0.3) is 0 Å². The van der Waals surface area contributed by atoms with Gasteiger partial charge in [-0.25, -0.2) is 13.8 Å². The number of benzene rings is 4. The van der Waals surface area contributed by atoms with Gasteiger partial charge in [0, 0.05) is 97.1 Å². The Morgan fingerprint density at radius 2 is 1.39 bits per heavy atom. The van der Waals surface area contributed by atoms with E-state index < -0.39 is 157 Å². The lowest BCUT2D eigenvalue weighted by molar-refractivity contribution is -0.142. The summed E-state index contributed by atoms with van der Waals surface area (Å²) in [6.07, 6.45) is 2.22. The minimum absolute atomic E-state index is 0.0740. The van der Waals surface area contributed by atoms with Gasteiger partial charge in [0.15, 0.2) is 5.78 Å². The number of halogens is 2. The molecule has 9 rings (SSSR count). The first-order valence-electron chi connectivity index (χ1n) is 31.8. The van der Waals surface area contributed by atoms with E-state index in [9.17, 15) is 67.3 Å². The van der Waals surface area contributed by atoms with Gasteiger partial charge in [-0.15, -0.1) is 0 Å². The number of ketones is 1. The van der Waals surface area contributed by atoms with Gasteiger partial charge in [0.05, 0.1) is 37.4 Å². The fourth-order valence-corrected chi connectivity index (χ4v) is 13.9. The number of hydrogen-bond acceptors (Lipinski definition) is 16. The first-order valence-corrected chi connectivity index (χ1v) is 34.1. The van der Waals surface area contributed by atoms with Crippen LogP contribution in [-0.4, -0.2) is 173 Å². The summed E-state index contributed by atoms with van der Waals surface area (Å²) in [6, 6.07) is 9.95. The van der Waals surface area contributed by atoms with E-state index in [1.807, 2.05) is 24.3 Å². The third-order valence-electron chi connectivity index (χ3n) is 17.0. The molecule has 0 spiro atoms. The Kier molecular flexibility index (Phi) is 25.0. The third-order valence-corrected chi connectivity index (χ3v) is 19.3. The molecule has 6 aromatic rings.